The van der Waals surface area contributed by atoms with Gasteiger partial charge in [0.25, 0.3) is 0 Å². The maximum atomic E-state index is 11.4. The molecule has 0 bridgehead atoms. The van der Waals surface area contributed by atoms with Crippen LogP contribution in [0.4, 0.5) is 0 Å². The number of carboxylic acids is 1. The molecule has 0 spiro atoms. The molecular weight excluding hydrogens is 184 g/mol. The molecule has 80 valence electrons. The molecule has 0 aliphatic carbocycles. The summed E-state index contributed by atoms with van der Waals surface area (Å²) < 4.78 is 0. The second-order valence-electron chi connectivity index (χ2n) is 3.39. The Kier molecular flexibility index (Phi) is 3.88. The van der Waals surface area contributed by atoms with Gasteiger partial charge in [0.2, 0.25) is 5.91 Å². The van der Waals surface area contributed by atoms with Gasteiger partial charge in [0.1, 0.15) is 0 Å². The van der Waals surface area contributed by atoms with Gasteiger partial charge in [0.05, 0.1) is 13.0 Å². The lowest BCUT2D eigenvalue weighted by molar-refractivity contribution is -0.140. The molecule has 1 aliphatic rings. The third-order valence-corrected chi connectivity index (χ3v) is 2.42. The van der Waals surface area contributed by atoms with Crippen molar-refractivity contribution in [2.75, 3.05) is 32.7 Å². The fraction of sp³-hybridized carbons (Fsp3) is 0.778. The van der Waals surface area contributed by atoms with Crippen LogP contribution in [0.2, 0.25) is 0 Å². The van der Waals surface area contributed by atoms with Crippen LogP contribution in [0.3, 0.4) is 0 Å². The van der Waals surface area contributed by atoms with Crippen molar-refractivity contribution in [1.82, 2.24) is 9.80 Å². The van der Waals surface area contributed by atoms with Crippen LogP contribution in [0.5, 0.6) is 0 Å². The second kappa shape index (κ2) is 4.95. The summed E-state index contributed by atoms with van der Waals surface area (Å²) in [6.45, 7) is 5.03. The number of hydrogen-bond acceptors (Lipinski definition) is 3. The Labute approximate surface area is 83.3 Å². The summed E-state index contributed by atoms with van der Waals surface area (Å²) in [5, 5.41) is 8.49. The first-order valence-electron chi connectivity index (χ1n) is 4.85. The Morgan fingerprint density at radius 3 is 2.71 bits per heavy atom. The van der Waals surface area contributed by atoms with Crippen molar-refractivity contribution in [1.29, 1.82) is 0 Å². The van der Waals surface area contributed by atoms with Crippen molar-refractivity contribution >= 4 is 11.9 Å². The van der Waals surface area contributed by atoms with Gasteiger partial charge in [-0.05, 0) is 6.92 Å². The number of amides is 1. The topological polar surface area (TPSA) is 60.9 Å². The molecule has 0 saturated carbocycles. The van der Waals surface area contributed by atoms with E-state index in [0.29, 0.717) is 13.1 Å². The summed E-state index contributed by atoms with van der Waals surface area (Å²) in [7, 11) is 0. The smallest absolute Gasteiger partial charge is 0.304 e. The highest BCUT2D eigenvalue weighted by atomic mass is 16.4. The Hall–Kier alpha value is -1.10. The van der Waals surface area contributed by atoms with E-state index in [1.807, 2.05) is 11.8 Å². The Morgan fingerprint density at radius 1 is 1.50 bits per heavy atom. The molecule has 14 heavy (non-hydrogen) atoms. The van der Waals surface area contributed by atoms with Gasteiger partial charge in [-0.15, -0.1) is 0 Å². The minimum atomic E-state index is -0.810. The number of piperazine rings is 1. The minimum Gasteiger partial charge on any atom is -0.481 e. The van der Waals surface area contributed by atoms with Crippen LogP contribution in [-0.2, 0) is 9.59 Å². The number of aliphatic carboxylic acids is 1. The predicted octanol–water partition coefficient (Wildman–Crippen LogP) is -0.375. The summed E-state index contributed by atoms with van der Waals surface area (Å²) in [6.07, 6.45) is 0.111. The van der Waals surface area contributed by atoms with Gasteiger partial charge in [-0.25, -0.2) is 0 Å². The van der Waals surface area contributed by atoms with Crippen LogP contribution >= 0.6 is 0 Å². The largest absolute Gasteiger partial charge is 0.481 e. The van der Waals surface area contributed by atoms with Crippen molar-refractivity contribution in [2.45, 2.75) is 13.3 Å². The molecule has 1 rings (SSSR count). The van der Waals surface area contributed by atoms with Gasteiger partial charge < -0.3 is 10.0 Å². The Morgan fingerprint density at radius 2 is 2.21 bits per heavy atom. The Bertz CT molecular complexity index is 230. The first-order valence-corrected chi connectivity index (χ1v) is 4.85. The van der Waals surface area contributed by atoms with E-state index >= 15 is 0 Å². The van der Waals surface area contributed by atoms with Crippen LogP contribution in [0.1, 0.15) is 13.3 Å². The van der Waals surface area contributed by atoms with Crippen molar-refractivity contribution in [3.8, 4) is 0 Å². The molecule has 0 unspecified atom stereocenters. The van der Waals surface area contributed by atoms with Crippen LogP contribution in [0.15, 0.2) is 0 Å². The number of hydrogen-bond donors (Lipinski definition) is 1. The van der Waals surface area contributed by atoms with E-state index in [-0.39, 0.29) is 12.3 Å². The van der Waals surface area contributed by atoms with Gasteiger partial charge >= 0.3 is 5.97 Å². The first kappa shape index (κ1) is 11.0. The van der Waals surface area contributed by atoms with Crippen LogP contribution < -0.4 is 0 Å². The summed E-state index contributed by atoms with van der Waals surface area (Å²) in [5.41, 5.74) is 0. The average Bonchev–Trinajstić information content (AvgIpc) is 2.15. The van der Waals surface area contributed by atoms with Gasteiger partial charge in [-0.2, -0.15) is 0 Å². The number of rotatable bonds is 4. The van der Waals surface area contributed by atoms with E-state index in [0.717, 1.165) is 19.6 Å². The van der Waals surface area contributed by atoms with E-state index in [9.17, 15) is 9.59 Å². The maximum absolute atomic E-state index is 11.4. The van der Waals surface area contributed by atoms with Crippen molar-refractivity contribution < 1.29 is 14.7 Å². The van der Waals surface area contributed by atoms with Crippen molar-refractivity contribution in [2.24, 2.45) is 0 Å². The minimum absolute atomic E-state index is 0.101. The third-order valence-electron chi connectivity index (χ3n) is 2.42. The summed E-state index contributed by atoms with van der Waals surface area (Å²) >= 11 is 0. The maximum Gasteiger partial charge on any atom is 0.304 e. The first-order chi connectivity index (χ1) is 6.63. The number of nitrogens with zero attached hydrogens (tertiary/aromatic N) is 2. The highest BCUT2D eigenvalue weighted by molar-refractivity contribution is 5.79. The van der Waals surface area contributed by atoms with E-state index in [1.165, 1.54) is 0 Å². The molecule has 1 amide bonds. The van der Waals surface area contributed by atoms with Crippen LogP contribution in [0.25, 0.3) is 0 Å². The fourth-order valence-electron chi connectivity index (χ4n) is 1.54. The van der Waals surface area contributed by atoms with Crippen molar-refractivity contribution in [3.05, 3.63) is 0 Å². The molecule has 0 atom stereocenters. The highest BCUT2D eigenvalue weighted by Gasteiger charge is 2.22. The molecule has 0 aromatic heterocycles. The van der Waals surface area contributed by atoms with Crippen LogP contribution in [0, 0.1) is 0 Å². The molecular formula is C9H16N2O3. The van der Waals surface area contributed by atoms with E-state index in [2.05, 4.69) is 0 Å². The molecule has 1 aliphatic heterocycles. The van der Waals surface area contributed by atoms with E-state index in [4.69, 9.17) is 5.11 Å². The van der Waals surface area contributed by atoms with Gasteiger partial charge in [-0.3, -0.25) is 14.5 Å². The zero-order valence-electron chi connectivity index (χ0n) is 8.40. The molecule has 1 heterocycles. The molecule has 5 heteroatoms. The van der Waals surface area contributed by atoms with Crippen LogP contribution in [-0.4, -0.2) is 59.5 Å². The zero-order chi connectivity index (χ0) is 10.6. The fourth-order valence-corrected chi connectivity index (χ4v) is 1.54. The van der Waals surface area contributed by atoms with Gasteiger partial charge in [-0.1, -0.05) is 0 Å². The number of carbonyl (C=O) groups excluding carboxylic acids is 1. The lowest BCUT2D eigenvalue weighted by Crippen LogP contribution is -2.50. The zero-order valence-corrected chi connectivity index (χ0v) is 8.40. The molecule has 0 radical (unpaired) electrons. The van der Waals surface area contributed by atoms with Crippen molar-refractivity contribution in [3.63, 3.8) is 0 Å². The lowest BCUT2D eigenvalue weighted by atomic mass is 10.3. The quantitative estimate of drug-likeness (QED) is 0.672. The molecule has 1 fully saturated rings. The molecule has 0 aromatic carbocycles. The lowest BCUT2D eigenvalue weighted by Gasteiger charge is -2.33. The summed E-state index contributed by atoms with van der Waals surface area (Å²) in [4.78, 5) is 25.4. The number of carbonyl (C=O) groups is 2. The molecule has 5 nitrogen and oxygen atoms in total. The van der Waals surface area contributed by atoms with E-state index < -0.39 is 5.97 Å². The van der Waals surface area contributed by atoms with Gasteiger partial charge in [0.15, 0.2) is 0 Å². The summed E-state index contributed by atoms with van der Waals surface area (Å²) in [6, 6.07) is 0. The van der Waals surface area contributed by atoms with E-state index in [1.54, 1.807) is 4.90 Å². The standard InChI is InChI=1S/C9H16N2O3/c1-2-11-6-5-10(7-8(11)12)4-3-9(13)14/h2-7H2,1H3,(H,13,14). The third kappa shape index (κ3) is 2.99. The number of likely N-dealkylation sites (N-methyl/N-ethyl adjacent to an activating group) is 1. The predicted molar refractivity (Wildman–Crippen MR) is 50.9 cm³/mol. The Balaban J connectivity index is 2.31. The molecule has 1 N–H and O–H groups in total. The average molecular weight is 200 g/mol. The van der Waals surface area contributed by atoms with Gasteiger partial charge in [0, 0.05) is 26.2 Å². The SMILES string of the molecule is CCN1CCN(CCC(=O)O)CC1=O. The molecule has 1 saturated heterocycles. The highest BCUT2D eigenvalue weighted by Crippen LogP contribution is 2.03. The summed E-state index contributed by atoms with van der Waals surface area (Å²) in [5.74, 6) is -0.709. The number of carboxylic acid groups (broad SMARTS) is 1. The normalized spacial score (nSPS) is 18.6. The second-order valence-corrected chi connectivity index (χ2v) is 3.39. The monoisotopic (exact) mass is 200 g/mol. The molecule has 0 aromatic rings.